The van der Waals surface area contributed by atoms with Crippen molar-refractivity contribution in [2.45, 2.75) is 0 Å². The van der Waals surface area contributed by atoms with Crippen molar-refractivity contribution in [3.63, 3.8) is 0 Å². The number of nitrogens with one attached hydrogen (secondary N) is 2. The molecule has 0 fully saturated rings. The van der Waals surface area contributed by atoms with Gasteiger partial charge in [0.15, 0.2) is 0 Å². The molecule has 0 heterocycles. The van der Waals surface area contributed by atoms with Crippen molar-refractivity contribution in [2.75, 3.05) is 12.9 Å². The summed E-state index contributed by atoms with van der Waals surface area (Å²) in [6.07, 6.45) is 3.35. The van der Waals surface area contributed by atoms with E-state index in [-0.39, 0.29) is 0 Å². The van der Waals surface area contributed by atoms with Crippen LogP contribution < -0.4 is 10.6 Å². The van der Waals surface area contributed by atoms with Crippen LogP contribution in [0.15, 0.2) is 24.7 Å². The standard InChI is InChI=1S/C6H11ClN2/c1-3-9-5-6(4-7)8-2/h3,5,8-9H,1,4H2,2H3/b6-5-. The summed E-state index contributed by atoms with van der Waals surface area (Å²) in [6, 6.07) is 0. The van der Waals surface area contributed by atoms with Gasteiger partial charge in [-0.1, -0.05) is 6.58 Å². The van der Waals surface area contributed by atoms with E-state index in [0.29, 0.717) is 5.88 Å². The highest BCUT2D eigenvalue weighted by Crippen LogP contribution is 1.87. The molecule has 0 spiro atoms. The molecule has 9 heavy (non-hydrogen) atoms. The third-order valence-corrected chi connectivity index (χ3v) is 1.13. The highest BCUT2D eigenvalue weighted by atomic mass is 35.5. The van der Waals surface area contributed by atoms with Crippen LogP contribution in [0.2, 0.25) is 0 Å². The first-order chi connectivity index (χ1) is 4.35. The normalized spacial score (nSPS) is 10.7. The van der Waals surface area contributed by atoms with Gasteiger partial charge in [0.1, 0.15) is 0 Å². The van der Waals surface area contributed by atoms with Gasteiger partial charge in [-0.25, -0.2) is 0 Å². The van der Waals surface area contributed by atoms with E-state index in [4.69, 9.17) is 11.6 Å². The van der Waals surface area contributed by atoms with E-state index >= 15 is 0 Å². The van der Waals surface area contributed by atoms with Crippen LogP contribution in [0.5, 0.6) is 0 Å². The maximum absolute atomic E-state index is 5.50. The first kappa shape index (κ1) is 8.37. The predicted octanol–water partition coefficient (Wildman–Crippen LogP) is 1.02. The van der Waals surface area contributed by atoms with E-state index in [1.807, 2.05) is 7.05 Å². The molecule has 52 valence electrons. The molecule has 0 atom stereocenters. The van der Waals surface area contributed by atoms with Gasteiger partial charge >= 0.3 is 0 Å². The molecule has 0 amide bonds. The SMILES string of the molecule is C=CN/C=C(/CCl)NC. The molecular weight excluding hydrogens is 136 g/mol. The molecule has 0 radical (unpaired) electrons. The third-order valence-electron chi connectivity index (χ3n) is 0.840. The van der Waals surface area contributed by atoms with Crippen LogP contribution in [0.4, 0.5) is 0 Å². The van der Waals surface area contributed by atoms with Crippen LogP contribution in [0, 0.1) is 0 Å². The van der Waals surface area contributed by atoms with E-state index in [1.165, 1.54) is 0 Å². The lowest BCUT2D eigenvalue weighted by molar-refractivity contribution is 0.962. The maximum Gasteiger partial charge on any atom is 0.0636 e. The first-order valence-electron chi connectivity index (χ1n) is 2.65. The van der Waals surface area contributed by atoms with Crippen LogP contribution in [0.3, 0.4) is 0 Å². The summed E-state index contributed by atoms with van der Waals surface area (Å²) in [5.41, 5.74) is 0.941. The Morgan fingerprint density at radius 1 is 1.78 bits per heavy atom. The van der Waals surface area contributed by atoms with E-state index in [1.54, 1.807) is 12.4 Å². The average molecular weight is 147 g/mol. The summed E-state index contributed by atoms with van der Waals surface area (Å²) in [4.78, 5) is 0. The molecule has 0 bridgehead atoms. The van der Waals surface area contributed by atoms with E-state index in [9.17, 15) is 0 Å². The molecular formula is C6H11ClN2. The Balaban J connectivity index is 3.60. The molecule has 3 heteroatoms. The fraction of sp³-hybridized carbons (Fsp3) is 0.333. The lowest BCUT2D eigenvalue weighted by Gasteiger charge is -1.99. The van der Waals surface area contributed by atoms with Crippen LogP contribution >= 0.6 is 11.6 Å². The van der Waals surface area contributed by atoms with E-state index in [0.717, 1.165) is 5.70 Å². The van der Waals surface area contributed by atoms with Gasteiger partial charge in [-0.05, 0) is 6.20 Å². The summed E-state index contributed by atoms with van der Waals surface area (Å²) >= 11 is 5.50. The van der Waals surface area contributed by atoms with Gasteiger partial charge in [0.2, 0.25) is 0 Å². The fourth-order valence-corrected chi connectivity index (χ4v) is 0.548. The van der Waals surface area contributed by atoms with Gasteiger partial charge in [-0.2, -0.15) is 0 Å². The van der Waals surface area contributed by atoms with Crippen LogP contribution in [-0.4, -0.2) is 12.9 Å². The quantitative estimate of drug-likeness (QED) is 0.579. The van der Waals surface area contributed by atoms with E-state index < -0.39 is 0 Å². The summed E-state index contributed by atoms with van der Waals surface area (Å²) < 4.78 is 0. The van der Waals surface area contributed by atoms with Crippen molar-refractivity contribution >= 4 is 11.6 Å². The Morgan fingerprint density at radius 2 is 2.44 bits per heavy atom. The smallest absolute Gasteiger partial charge is 0.0636 e. The fourth-order valence-electron chi connectivity index (χ4n) is 0.337. The second kappa shape index (κ2) is 5.51. The molecule has 0 saturated heterocycles. The largest absolute Gasteiger partial charge is 0.389 e. The van der Waals surface area contributed by atoms with E-state index in [2.05, 4.69) is 17.2 Å². The third kappa shape index (κ3) is 3.91. The summed E-state index contributed by atoms with van der Waals surface area (Å²) in [6.45, 7) is 3.47. The number of hydrogen-bond donors (Lipinski definition) is 2. The number of allylic oxidation sites excluding steroid dienone is 1. The molecule has 2 N–H and O–H groups in total. The zero-order valence-electron chi connectivity index (χ0n) is 5.45. The molecule has 0 aromatic rings. The number of hydrogen-bond acceptors (Lipinski definition) is 2. The predicted molar refractivity (Wildman–Crippen MR) is 41.2 cm³/mol. The van der Waals surface area contributed by atoms with Crippen molar-refractivity contribution < 1.29 is 0 Å². The number of rotatable bonds is 4. The number of halogens is 1. The van der Waals surface area contributed by atoms with Crippen molar-refractivity contribution in [2.24, 2.45) is 0 Å². The van der Waals surface area contributed by atoms with Gasteiger partial charge in [0.05, 0.1) is 5.88 Å². The Labute approximate surface area is 60.6 Å². The zero-order valence-corrected chi connectivity index (χ0v) is 6.20. The Bertz CT molecular complexity index is 104. The molecule has 0 aliphatic rings. The van der Waals surface area contributed by atoms with Gasteiger partial charge in [0, 0.05) is 18.9 Å². The van der Waals surface area contributed by atoms with Crippen molar-refractivity contribution in [3.05, 3.63) is 24.7 Å². The zero-order chi connectivity index (χ0) is 7.11. The van der Waals surface area contributed by atoms with Crippen molar-refractivity contribution in [1.29, 1.82) is 0 Å². The molecule has 0 unspecified atom stereocenters. The highest BCUT2D eigenvalue weighted by molar-refractivity contribution is 6.19. The average Bonchev–Trinajstić information content (AvgIpc) is 1.91. The summed E-state index contributed by atoms with van der Waals surface area (Å²) in [5.74, 6) is 0.483. The van der Waals surface area contributed by atoms with Crippen molar-refractivity contribution in [1.82, 2.24) is 10.6 Å². The molecule has 0 aromatic heterocycles. The second-order valence-electron chi connectivity index (χ2n) is 1.42. The molecule has 0 saturated carbocycles. The molecule has 0 aromatic carbocycles. The molecule has 2 nitrogen and oxygen atoms in total. The minimum absolute atomic E-state index is 0.483. The van der Waals surface area contributed by atoms with Gasteiger partial charge < -0.3 is 10.6 Å². The maximum atomic E-state index is 5.50. The summed E-state index contributed by atoms with van der Waals surface area (Å²) in [5, 5.41) is 5.71. The minimum atomic E-state index is 0.483. The molecule has 0 aliphatic heterocycles. The van der Waals surface area contributed by atoms with Crippen LogP contribution in [0.1, 0.15) is 0 Å². The van der Waals surface area contributed by atoms with Gasteiger partial charge in [0.25, 0.3) is 0 Å². The highest BCUT2D eigenvalue weighted by Gasteiger charge is 1.85. The van der Waals surface area contributed by atoms with Gasteiger partial charge in [-0.15, -0.1) is 11.6 Å². The number of alkyl halides is 1. The molecule has 0 aliphatic carbocycles. The Morgan fingerprint density at radius 3 is 2.78 bits per heavy atom. The first-order valence-corrected chi connectivity index (χ1v) is 3.18. The minimum Gasteiger partial charge on any atom is -0.389 e. The Hall–Kier alpha value is -0.630. The lowest BCUT2D eigenvalue weighted by Crippen LogP contribution is -2.10. The topological polar surface area (TPSA) is 24.1 Å². The van der Waals surface area contributed by atoms with Crippen LogP contribution in [-0.2, 0) is 0 Å². The summed E-state index contributed by atoms with van der Waals surface area (Å²) in [7, 11) is 1.82. The van der Waals surface area contributed by atoms with Crippen LogP contribution in [0.25, 0.3) is 0 Å². The lowest BCUT2D eigenvalue weighted by atomic mass is 10.5. The van der Waals surface area contributed by atoms with Crippen molar-refractivity contribution in [3.8, 4) is 0 Å². The monoisotopic (exact) mass is 146 g/mol. The second-order valence-corrected chi connectivity index (χ2v) is 1.69. The Kier molecular flexibility index (Phi) is 5.12. The van der Waals surface area contributed by atoms with Gasteiger partial charge in [-0.3, -0.25) is 0 Å². The molecule has 0 rings (SSSR count).